The van der Waals surface area contributed by atoms with Gasteiger partial charge < -0.3 is 5.32 Å². The molecule has 2 rings (SSSR count). The minimum atomic E-state index is -3.47. The Morgan fingerprint density at radius 3 is 2.56 bits per heavy atom. The lowest BCUT2D eigenvalue weighted by Gasteiger charge is -2.31. The van der Waals surface area contributed by atoms with Crippen molar-refractivity contribution in [3.8, 4) is 0 Å². The van der Waals surface area contributed by atoms with E-state index in [1.54, 1.807) is 17.5 Å². The second-order valence-electron chi connectivity index (χ2n) is 6.28. The summed E-state index contributed by atoms with van der Waals surface area (Å²) in [6.45, 7) is 4.93. The maximum absolute atomic E-state index is 12.2. The Hall–Kier alpha value is -1.49. The Morgan fingerprint density at radius 2 is 2.00 bits per heavy atom. The molecule has 1 aromatic heterocycles. The summed E-state index contributed by atoms with van der Waals surface area (Å²) < 4.78 is 27.4. The van der Waals surface area contributed by atoms with E-state index in [4.69, 9.17) is 0 Å². The van der Waals surface area contributed by atoms with Crippen LogP contribution in [0.3, 0.4) is 0 Å². The average Bonchev–Trinajstić information content (AvgIpc) is 3.03. The monoisotopic (exact) mass is 388 g/mol. The fourth-order valence-electron chi connectivity index (χ4n) is 2.57. The summed E-state index contributed by atoms with van der Waals surface area (Å²) >= 11 is 1.19. The zero-order valence-corrected chi connectivity index (χ0v) is 16.0. The van der Waals surface area contributed by atoms with E-state index in [1.807, 2.05) is 18.7 Å². The Balaban J connectivity index is 1.74. The van der Waals surface area contributed by atoms with Crippen LogP contribution < -0.4 is 15.4 Å². The van der Waals surface area contributed by atoms with Gasteiger partial charge in [0.1, 0.15) is 4.21 Å². The first-order chi connectivity index (χ1) is 11.8. The van der Waals surface area contributed by atoms with Gasteiger partial charge in [0.25, 0.3) is 0 Å². The SMILES string of the molecule is CC(C)NC(=O)NC(=O)CN1CCC(NS(=O)(=O)c2cccs2)CC1. The number of sulfonamides is 1. The largest absolute Gasteiger partial charge is 0.336 e. The van der Waals surface area contributed by atoms with Gasteiger partial charge in [-0.05, 0) is 38.1 Å². The highest BCUT2D eigenvalue weighted by molar-refractivity contribution is 7.91. The number of hydrogen-bond donors (Lipinski definition) is 3. The lowest BCUT2D eigenvalue weighted by Crippen LogP contribution is -2.49. The van der Waals surface area contributed by atoms with Crippen molar-refractivity contribution in [2.75, 3.05) is 19.6 Å². The molecule has 2 heterocycles. The highest BCUT2D eigenvalue weighted by atomic mass is 32.2. The van der Waals surface area contributed by atoms with Crippen LogP contribution in [-0.4, -0.2) is 57.0 Å². The molecule has 3 N–H and O–H groups in total. The van der Waals surface area contributed by atoms with E-state index in [2.05, 4.69) is 15.4 Å². The summed E-state index contributed by atoms with van der Waals surface area (Å²) in [5.74, 6) is -0.365. The fraction of sp³-hybridized carbons (Fsp3) is 0.600. The van der Waals surface area contributed by atoms with E-state index in [0.29, 0.717) is 30.1 Å². The van der Waals surface area contributed by atoms with Crippen LogP contribution >= 0.6 is 11.3 Å². The molecule has 1 fully saturated rings. The summed E-state index contributed by atoms with van der Waals surface area (Å²) in [5.41, 5.74) is 0. The Kier molecular flexibility index (Phi) is 6.94. The normalized spacial score (nSPS) is 16.8. The zero-order valence-electron chi connectivity index (χ0n) is 14.3. The number of carbonyl (C=O) groups is 2. The number of likely N-dealkylation sites (tertiary alicyclic amines) is 1. The molecule has 1 aromatic rings. The van der Waals surface area contributed by atoms with Gasteiger partial charge in [-0.1, -0.05) is 6.07 Å². The summed E-state index contributed by atoms with van der Waals surface area (Å²) in [4.78, 5) is 25.2. The third-order valence-corrected chi connectivity index (χ3v) is 6.63. The number of rotatable bonds is 6. The van der Waals surface area contributed by atoms with Crippen LogP contribution in [0.5, 0.6) is 0 Å². The van der Waals surface area contributed by atoms with Crippen LogP contribution in [0.15, 0.2) is 21.7 Å². The third kappa shape index (κ3) is 6.38. The molecule has 10 heteroatoms. The Labute approximate surface area is 152 Å². The number of thiophene rings is 1. The van der Waals surface area contributed by atoms with Crippen molar-refractivity contribution in [1.29, 1.82) is 0 Å². The first-order valence-electron chi connectivity index (χ1n) is 8.15. The van der Waals surface area contributed by atoms with Gasteiger partial charge in [0.2, 0.25) is 15.9 Å². The molecule has 1 saturated heterocycles. The highest BCUT2D eigenvalue weighted by Crippen LogP contribution is 2.18. The minimum absolute atomic E-state index is 0.0417. The summed E-state index contributed by atoms with van der Waals surface area (Å²) in [6.07, 6.45) is 1.24. The molecule has 8 nitrogen and oxygen atoms in total. The average molecular weight is 389 g/mol. The van der Waals surface area contributed by atoms with Gasteiger partial charge in [0.05, 0.1) is 6.54 Å². The molecule has 0 spiro atoms. The van der Waals surface area contributed by atoms with E-state index >= 15 is 0 Å². The number of hydrogen-bond acceptors (Lipinski definition) is 6. The fourth-order valence-corrected chi connectivity index (χ4v) is 4.88. The van der Waals surface area contributed by atoms with E-state index in [9.17, 15) is 18.0 Å². The predicted octanol–water partition coefficient (Wildman–Crippen LogP) is 0.725. The maximum atomic E-state index is 12.2. The summed E-state index contributed by atoms with van der Waals surface area (Å²) in [7, 11) is -3.47. The van der Waals surface area contributed by atoms with Crippen molar-refractivity contribution in [3.63, 3.8) is 0 Å². The summed E-state index contributed by atoms with van der Waals surface area (Å²) in [5, 5.41) is 6.61. The van der Waals surface area contributed by atoms with Crippen LogP contribution in [0.2, 0.25) is 0 Å². The van der Waals surface area contributed by atoms with E-state index in [1.165, 1.54) is 11.3 Å². The molecule has 1 aliphatic rings. The van der Waals surface area contributed by atoms with Crippen LogP contribution in [-0.2, 0) is 14.8 Å². The molecule has 0 aliphatic carbocycles. The third-order valence-electron chi connectivity index (χ3n) is 3.71. The highest BCUT2D eigenvalue weighted by Gasteiger charge is 2.26. The Bertz CT molecular complexity index is 680. The molecule has 3 amide bonds. The van der Waals surface area contributed by atoms with Crippen molar-refractivity contribution < 1.29 is 18.0 Å². The first-order valence-corrected chi connectivity index (χ1v) is 10.5. The number of imide groups is 1. The molecular weight excluding hydrogens is 364 g/mol. The van der Waals surface area contributed by atoms with E-state index in [-0.39, 0.29) is 24.5 Å². The number of piperidine rings is 1. The number of urea groups is 1. The standard InChI is InChI=1S/C15H24N4O4S2/c1-11(2)16-15(21)17-13(20)10-19-7-5-12(6-8-19)18-25(22,23)14-4-3-9-24-14/h3-4,9,11-12,18H,5-8,10H2,1-2H3,(H2,16,17,20,21). The van der Waals surface area contributed by atoms with Crippen molar-refractivity contribution in [2.45, 2.75) is 43.0 Å². The second-order valence-corrected chi connectivity index (χ2v) is 9.17. The van der Waals surface area contributed by atoms with Crippen LogP contribution in [0, 0.1) is 0 Å². The maximum Gasteiger partial charge on any atom is 0.321 e. The molecular formula is C15H24N4O4S2. The van der Waals surface area contributed by atoms with Gasteiger partial charge in [-0.25, -0.2) is 17.9 Å². The molecule has 25 heavy (non-hydrogen) atoms. The number of nitrogens with one attached hydrogen (secondary N) is 3. The van der Waals surface area contributed by atoms with E-state index < -0.39 is 16.1 Å². The topological polar surface area (TPSA) is 108 Å². The van der Waals surface area contributed by atoms with Crippen LogP contribution in [0.1, 0.15) is 26.7 Å². The smallest absolute Gasteiger partial charge is 0.321 e. The van der Waals surface area contributed by atoms with Crippen molar-refractivity contribution in [2.24, 2.45) is 0 Å². The molecule has 140 valence electrons. The van der Waals surface area contributed by atoms with Crippen molar-refractivity contribution in [1.82, 2.24) is 20.3 Å². The number of nitrogens with zero attached hydrogens (tertiary/aromatic N) is 1. The number of carbonyl (C=O) groups excluding carboxylic acids is 2. The quantitative estimate of drug-likeness (QED) is 0.666. The van der Waals surface area contributed by atoms with Gasteiger partial charge in [0.15, 0.2) is 0 Å². The summed E-state index contributed by atoms with van der Waals surface area (Å²) in [6, 6.07) is 2.60. The molecule has 0 bridgehead atoms. The predicted molar refractivity (Wildman–Crippen MR) is 95.9 cm³/mol. The molecule has 0 radical (unpaired) electrons. The van der Waals surface area contributed by atoms with Gasteiger partial charge >= 0.3 is 6.03 Å². The zero-order chi connectivity index (χ0) is 18.4. The van der Waals surface area contributed by atoms with Gasteiger partial charge in [-0.15, -0.1) is 11.3 Å². The molecule has 0 saturated carbocycles. The molecule has 0 unspecified atom stereocenters. The lowest BCUT2D eigenvalue weighted by atomic mass is 10.1. The van der Waals surface area contributed by atoms with Gasteiger partial charge in [-0.3, -0.25) is 15.0 Å². The number of amides is 3. The van der Waals surface area contributed by atoms with Crippen LogP contribution in [0.25, 0.3) is 0 Å². The Morgan fingerprint density at radius 1 is 1.32 bits per heavy atom. The lowest BCUT2D eigenvalue weighted by molar-refractivity contribution is -0.121. The molecule has 0 aromatic carbocycles. The minimum Gasteiger partial charge on any atom is -0.336 e. The van der Waals surface area contributed by atoms with Crippen molar-refractivity contribution in [3.05, 3.63) is 17.5 Å². The van der Waals surface area contributed by atoms with Crippen LogP contribution in [0.4, 0.5) is 4.79 Å². The first kappa shape index (κ1) is 19.8. The molecule has 1 aliphatic heterocycles. The molecule has 0 atom stereocenters. The van der Waals surface area contributed by atoms with Crippen molar-refractivity contribution >= 4 is 33.3 Å². The second kappa shape index (κ2) is 8.75. The van der Waals surface area contributed by atoms with Gasteiger partial charge in [0, 0.05) is 25.2 Å². The van der Waals surface area contributed by atoms with Gasteiger partial charge in [-0.2, -0.15) is 0 Å². The van der Waals surface area contributed by atoms with E-state index in [0.717, 1.165) is 0 Å².